The Labute approximate surface area is 137 Å². The van der Waals surface area contributed by atoms with E-state index in [1.807, 2.05) is 16.8 Å². The summed E-state index contributed by atoms with van der Waals surface area (Å²) in [6, 6.07) is 7.31. The Balaban J connectivity index is 1.59. The Morgan fingerprint density at radius 2 is 2.26 bits per heavy atom. The van der Waals surface area contributed by atoms with Crippen molar-refractivity contribution < 1.29 is 4.79 Å². The largest absolute Gasteiger partial charge is 0.310 e. The van der Waals surface area contributed by atoms with Gasteiger partial charge in [-0.25, -0.2) is 9.97 Å². The summed E-state index contributed by atoms with van der Waals surface area (Å²) in [5.74, 6) is 0.239. The molecule has 1 aliphatic heterocycles. The molecule has 4 rings (SSSR count). The topological polar surface area (TPSA) is 72.7 Å². The van der Waals surface area contributed by atoms with Crippen LogP contribution < -0.4 is 5.32 Å². The van der Waals surface area contributed by atoms with E-state index < -0.39 is 0 Å². The number of aryl methyl sites for hydroxylation is 1. The Morgan fingerprint density at radius 3 is 3.17 bits per heavy atom. The number of halogens is 1. The second kappa shape index (κ2) is 5.62. The maximum Gasteiger partial charge on any atom is 0.234 e. The fourth-order valence-electron chi connectivity index (χ4n) is 2.95. The first-order valence-corrected chi connectivity index (χ1v) is 7.83. The zero-order chi connectivity index (χ0) is 15.8. The van der Waals surface area contributed by atoms with Gasteiger partial charge in [-0.15, -0.1) is 0 Å². The lowest BCUT2D eigenvalue weighted by Crippen LogP contribution is -2.27. The van der Waals surface area contributed by atoms with Crippen LogP contribution in [0.4, 0.5) is 5.82 Å². The summed E-state index contributed by atoms with van der Waals surface area (Å²) >= 11 is 5.91. The minimum absolute atomic E-state index is 0.0627. The van der Waals surface area contributed by atoms with Crippen molar-refractivity contribution in [2.24, 2.45) is 0 Å². The summed E-state index contributed by atoms with van der Waals surface area (Å²) in [4.78, 5) is 21.1. The van der Waals surface area contributed by atoms with Gasteiger partial charge in [-0.3, -0.25) is 9.48 Å². The van der Waals surface area contributed by atoms with Crippen molar-refractivity contribution in [3.8, 4) is 0 Å². The highest BCUT2D eigenvalue weighted by Gasteiger charge is 2.27. The van der Waals surface area contributed by atoms with Gasteiger partial charge >= 0.3 is 0 Å². The van der Waals surface area contributed by atoms with Crippen molar-refractivity contribution in [3.05, 3.63) is 47.4 Å². The van der Waals surface area contributed by atoms with Crippen LogP contribution in [0, 0.1) is 0 Å². The van der Waals surface area contributed by atoms with E-state index in [4.69, 9.17) is 11.6 Å². The van der Waals surface area contributed by atoms with Crippen LogP contribution in [0.5, 0.6) is 0 Å². The Bertz CT molecular complexity index is 891. The van der Waals surface area contributed by atoms with Gasteiger partial charge in [0, 0.05) is 24.3 Å². The molecule has 7 heteroatoms. The predicted molar refractivity (Wildman–Crippen MR) is 87.4 cm³/mol. The molecule has 0 spiro atoms. The van der Waals surface area contributed by atoms with Crippen LogP contribution in [0.1, 0.15) is 24.5 Å². The van der Waals surface area contributed by atoms with Gasteiger partial charge in [0.25, 0.3) is 0 Å². The van der Waals surface area contributed by atoms with Gasteiger partial charge in [0.05, 0.1) is 16.6 Å². The lowest BCUT2D eigenvalue weighted by molar-refractivity contribution is -0.118. The molecule has 1 amide bonds. The van der Waals surface area contributed by atoms with E-state index in [1.54, 1.807) is 24.5 Å². The van der Waals surface area contributed by atoms with E-state index in [2.05, 4.69) is 20.4 Å². The van der Waals surface area contributed by atoms with Crippen LogP contribution in [0.15, 0.2) is 36.7 Å². The number of aromatic nitrogens is 4. The van der Waals surface area contributed by atoms with E-state index in [0.717, 1.165) is 30.5 Å². The van der Waals surface area contributed by atoms with Gasteiger partial charge in [-0.2, -0.15) is 5.10 Å². The monoisotopic (exact) mass is 327 g/mol. The number of nitrogens with zero attached hydrogens (tertiary/aromatic N) is 4. The molecule has 1 aliphatic rings. The summed E-state index contributed by atoms with van der Waals surface area (Å²) in [7, 11) is 0. The third-order valence-corrected chi connectivity index (χ3v) is 4.25. The highest BCUT2D eigenvalue weighted by atomic mass is 35.5. The summed E-state index contributed by atoms with van der Waals surface area (Å²) in [6.07, 6.45) is 5.04. The molecule has 6 nitrogen and oxygen atoms in total. The SMILES string of the molecule is O=C(Nc1ccc2cc(Cl)cnc2n1)C1CCCn2nccc21. The molecule has 0 radical (unpaired) electrons. The number of hydrogen-bond donors (Lipinski definition) is 1. The first kappa shape index (κ1) is 14.1. The normalized spacial score (nSPS) is 17.0. The smallest absolute Gasteiger partial charge is 0.234 e. The molecule has 0 bridgehead atoms. The second-order valence-corrected chi connectivity index (χ2v) is 6.00. The molecule has 1 atom stereocenters. The number of carbonyl (C=O) groups excluding carboxylic acids is 1. The summed E-state index contributed by atoms with van der Waals surface area (Å²) in [5, 5.41) is 8.53. The Hall–Kier alpha value is -2.47. The number of amides is 1. The first-order chi connectivity index (χ1) is 11.2. The summed E-state index contributed by atoms with van der Waals surface area (Å²) in [6.45, 7) is 0.866. The summed E-state index contributed by atoms with van der Waals surface area (Å²) < 4.78 is 1.89. The molecule has 4 heterocycles. The lowest BCUT2D eigenvalue weighted by atomic mass is 9.95. The fourth-order valence-corrected chi connectivity index (χ4v) is 3.12. The zero-order valence-electron chi connectivity index (χ0n) is 12.2. The zero-order valence-corrected chi connectivity index (χ0v) is 13.0. The average molecular weight is 328 g/mol. The number of anilines is 1. The minimum Gasteiger partial charge on any atom is -0.310 e. The second-order valence-electron chi connectivity index (χ2n) is 5.56. The predicted octanol–water partition coefficient (Wildman–Crippen LogP) is 3.00. The average Bonchev–Trinajstić information content (AvgIpc) is 3.03. The third kappa shape index (κ3) is 2.66. The van der Waals surface area contributed by atoms with Crippen LogP contribution in [0.3, 0.4) is 0 Å². The van der Waals surface area contributed by atoms with E-state index in [-0.39, 0.29) is 11.8 Å². The van der Waals surface area contributed by atoms with Crippen LogP contribution >= 0.6 is 11.6 Å². The molecule has 1 unspecified atom stereocenters. The minimum atomic E-state index is -0.193. The van der Waals surface area contributed by atoms with Gasteiger partial charge < -0.3 is 5.32 Å². The van der Waals surface area contributed by atoms with Crippen molar-refractivity contribution in [2.45, 2.75) is 25.3 Å². The van der Waals surface area contributed by atoms with Crippen molar-refractivity contribution in [3.63, 3.8) is 0 Å². The van der Waals surface area contributed by atoms with Gasteiger partial charge in [0.2, 0.25) is 5.91 Å². The first-order valence-electron chi connectivity index (χ1n) is 7.45. The van der Waals surface area contributed by atoms with E-state index in [0.29, 0.717) is 16.5 Å². The molecule has 3 aromatic rings. The van der Waals surface area contributed by atoms with Crippen molar-refractivity contribution in [1.29, 1.82) is 0 Å². The van der Waals surface area contributed by atoms with Crippen LogP contribution in [0.2, 0.25) is 5.02 Å². The Kier molecular flexibility index (Phi) is 3.46. The molecular weight excluding hydrogens is 314 g/mol. The Morgan fingerprint density at radius 1 is 1.35 bits per heavy atom. The van der Waals surface area contributed by atoms with Gasteiger partial charge in [-0.1, -0.05) is 11.6 Å². The molecule has 0 saturated heterocycles. The van der Waals surface area contributed by atoms with Crippen LogP contribution in [-0.4, -0.2) is 25.7 Å². The molecular formula is C16H14ClN5O. The number of fused-ring (bicyclic) bond motifs is 2. The maximum absolute atomic E-state index is 12.6. The number of carbonyl (C=O) groups is 1. The third-order valence-electron chi connectivity index (χ3n) is 4.05. The lowest BCUT2D eigenvalue weighted by Gasteiger charge is -2.22. The molecule has 116 valence electrons. The molecule has 1 N–H and O–H groups in total. The molecule has 0 fully saturated rings. The van der Waals surface area contributed by atoms with E-state index in [9.17, 15) is 4.79 Å². The number of rotatable bonds is 2. The summed E-state index contributed by atoms with van der Waals surface area (Å²) in [5.41, 5.74) is 1.51. The highest BCUT2D eigenvalue weighted by molar-refractivity contribution is 6.31. The standard InChI is InChI=1S/C16H14ClN5O/c17-11-8-10-3-4-14(20-15(10)18-9-11)21-16(23)12-2-1-7-22-13(12)5-6-19-22/h3-6,8-9,12H,1-2,7H2,(H,18,20,21,23). The van der Waals surface area contributed by atoms with Crippen LogP contribution in [0.25, 0.3) is 11.0 Å². The van der Waals surface area contributed by atoms with Gasteiger partial charge in [-0.05, 0) is 37.1 Å². The van der Waals surface area contributed by atoms with Crippen LogP contribution in [-0.2, 0) is 11.3 Å². The van der Waals surface area contributed by atoms with Gasteiger partial charge in [0.15, 0.2) is 5.65 Å². The number of hydrogen-bond acceptors (Lipinski definition) is 4. The van der Waals surface area contributed by atoms with Gasteiger partial charge in [0.1, 0.15) is 5.82 Å². The van der Waals surface area contributed by atoms with Crippen molar-refractivity contribution >= 4 is 34.4 Å². The van der Waals surface area contributed by atoms with Crippen molar-refractivity contribution in [1.82, 2.24) is 19.7 Å². The fraction of sp³-hybridized carbons (Fsp3) is 0.250. The maximum atomic E-state index is 12.6. The molecule has 0 saturated carbocycles. The highest BCUT2D eigenvalue weighted by Crippen LogP contribution is 2.28. The molecule has 0 aliphatic carbocycles. The molecule has 23 heavy (non-hydrogen) atoms. The number of pyridine rings is 2. The van der Waals surface area contributed by atoms with Crippen molar-refractivity contribution in [2.75, 3.05) is 5.32 Å². The molecule has 3 aromatic heterocycles. The quantitative estimate of drug-likeness (QED) is 0.785. The number of nitrogens with one attached hydrogen (secondary N) is 1. The van der Waals surface area contributed by atoms with E-state index >= 15 is 0 Å². The van der Waals surface area contributed by atoms with E-state index in [1.165, 1.54) is 0 Å². The molecule has 0 aromatic carbocycles.